The summed E-state index contributed by atoms with van der Waals surface area (Å²) in [6.07, 6.45) is 3.54. The van der Waals surface area contributed by atoms with Gasteiger partial charge in [-0.05, 0) is 30.7 Å². The maximum Gasteiger partial charge on any atom is 0.264 e. The zero-order valence-electron chi connectivity index (χ0n) is 13.1. The standard InChI is InChI=1S/C16H16FN5O2/c1-2-7-18-14(23)9-21-10-19-15-13(16(21)24)8-20-22(15)12-5-3-11(17)4-6-12/h3-6,8,10H,2,7,9H2,1H3,(H,18,23). The van der Waals surface area contributed by atoms with Gasteiger partial charge in [0, 0.05) is 6.54 Å². The number of nitrogens with zero attached hydrogens (tertiary/aromatic N) is 4. The number of amides is 1. The van der Waals surface area contributed by atoms with Crippen LogP contribution < -0.4 is 10.9 Å². The van der Waals surface area contributed by atoms with E-state index in [2.05, 4.69) is 15.4 Å². The molecule has 0 radical (unpaired) electrons. The number of fused-ring (bicyclic) bond motifs is 1. The summed E-state index contributed by atoms with van der Waals surface area (Å²) in [5.41, 5.74) is 0.605. The predicted octanol–water partition coefficient (Wildman–Crippen LogP) is 1.25. The summed E-state index contributed by atoms with van der Waals surface area (Å²) in [5.74, 6) is -0.602. The average Bonchev–Trinajstić information content (AvgIpc) is 3.01. The fourth-order valence-electron chi connectivity index (χ4n) is 2.31. The molecule has 0 spiro atoms. The maximum atomic E-state index is 13.0. The van der Waals surface area contributed by atoms with Crippen LogP contribution in [0, 0.1) is 5.82 Å². The molecule has 0 aliphatic carbocycles. The van der Waals surface area contributed by atoms with Crippen molar-refractivity contribution in [2.24, 2.45) is 0 Å². The molecular formula is C16H16FN5O2. The second kappa shape index (κ2) is 6.61. The number of rotatable bonds is 5. The number of carbonyl (C=O) groups is 1. The van der Waals surface area contributed by atoms with E-state index < -0.39 is 0 Å². The minimum absolute atomic E-state index is 0.0937. The van der Waals surface area contributed by atoms with E-state index in [1.165, 1.54) is 33.9 Å². The molecule has 1 aromatic carbocycles. The molecule has 3 rings (SSSR count). The zero-order valence-corrected chi connectivity index (χ0v) is 13.1. The van der Waals surface area contributed by atoms with Crippen LogP contribution in [0.5, 0.6) is 0 Å². The lowest BCUT2D eigenvalue weighted by Crippen LogP contribution is -2.32. The van der Waals surface area contributed by atoms with Gasteiger partial charge in [0.1, 0.15) is 24.1 Å². The highest BCUT2D eigenvalue weighted by Gasteiger charge is 2.13. The van der Waals surface area contributed by atoms with E-state index in [0.29, 0.717) is 23.3 Å². The van der Waals surface area contributed by atoms with Crippen molar-refractivity contribution in [3.63, 3.8) is 0 Å². The molecule has 124 valence electrons. The van der Waals surface area contributed by atoms with Gasteiger partial charge in [-0.15, -0.1) is 0 Å². The SMILES string of the molecule is CCCNC(=O)Cn1cnc2c(cnn2-c2ccc(F)cc2)c1=O. The van der Waals surface area contributed by atoms with Gasteiger partial charge in [0.25, 0.3) is 5.56 Å². The van der Waals surface area contributed by atoms with E-state index in [9.17, 15) is 14.0 Å². The van der Waals surface area contributed by atoms with Gasteiger partial charge in [-0.1, -0.05) is 6.92 Å². The monoisotopic (exact) mass is 329 g/mol. The van der Waals surface area contributed by atoms with Crippen molar-refractivity contribution < 1.29 is 9.18 Å². The fourth-order valence-corrected chi connectivity index (χ4v) is 2.31. The van der Waals surface area contributed by atoms with Crippen molar-refractivity contribution in [3.8, 4) is 5.69 Å². The van der Waals surface area contributed by atoms with Gasteiger partial charge in [-0.2, -0.15) is 5.10 Å². The van der Waals surface area contributed by atoms with Crippen molar-refractivity contribution in [3.05, 3.63) is 53.0 Å². The molecule has 8 heteroatoms. The minimum Gasteiger partial charge on any atom is -0.355 e. The quantitative estimate of drug-likeness (QED) is 0.764. The molecule has 1 N–H and O–H groups in total. The van der Waals surface area contributed by atoms with Crippen LogP contribution in [0.25, 0.3) is 16.7 Å². The van der Waals surface area contributed by atoms with Crippen molar-refractivity contribution >= 4 is 16.9 Å². The highest BCUT2D eigenvalue weighted by Crippen LogP contribution is 2.13. The van der Waals surface area contributed by atoms with E-state index in [-0.39, 0.29) is 23.8 Å². The van der Waals surface area contributed by atoms with Crippen molar-refractivity contribution in [2.45, 2.75) is 19.9 Å². The maximum absolute atomic E-state index is 13.0. The average molecular weight is 329 g/mol. The lowest BCUT2D eigenvalue weighted by Gasteiger charge is -2.07. The molecular weight excluding hydrogens is 313 g/mol. The Bertz CT molecular complexity index is 930. The number of nitrogens with one attached hydrogen (secondary N) is 1. The summed E-state index contributed by atoms with van der Waals surface area (Å²) in [5, 5.41) is 7.15. The molecule has 3 aromatic rings. The van der Waals surface area contributed by atoms with Crippen molar-refractivity contribution in [1.82, 2.24) is 24.6 Å². The van der Waals surface area contributed by atoms with Gasteiger partial charge < -0.3 is 5.32 Å². The second-order valence-corrected chi connectivity index (χ2v) is 5.30. The van der Waals surface area contributed by atoms with Crippen LogP contribution >= 0.6 is 0 Å². The zero-order chi connectivity index (χ0) is 17.1. The van der Waals surface area contributed by atoms with Crippen molar-refractivity contribution in [1.29, 1.82) is 0 Å². The van der Waals surface area contributed by atoms with E-state index in [0.717, 1.165) is 6.42 Å². The molecule has 7 nitrogen and oxygen atoms in total. The Balaban J connectivity index is 1.95. The summed E-state index contributed by atoms with van der Waals surface area (Å²) >= 11 is 0. The summed E-state index contributed by atoms with van der Waals surface area (Å²) in [6.45, 7) is 2.42. The Morgan fingerprint density at radius 3 is 2.75 bits per heavy atom. The normalized spacial score (nSPS) is 10.9. The Labute approximate surface area is 136 Å². The third-order valence-corrected chi connectivity index (χ3v) is 3.51. The fraction of sp³-hybridized carbons (Fsp3) is 0.250. The summed E-state index contributed by atoms with van der Waals surface area (Å²) in [4.78, 5) is 28.5. The Hall–Kier alpha value is -3.03. The Kier molecular flexibility index (Phi) is 4.37. The van der Waals surface area contributed by atoms with Crippen LogP contribution in [0.3, 0.4) is 0 Å². The van der Waals surface area contributed by atoms with Gasteiger partial charge in [0.05, 0.1) is 11.9 Å². The van der Waals surface area contributed by atoms with Gasteiger partial charge >= 0.3 is 0 Å². The van der Waals surface area contributed by atoms with Crippen LogP contribution in [0.1, 0.15) is 13.3 Å². The third-order valence-electron chi connectivity index (χ3n) is 3.51. The first-order chi connectivity index (χ1) is 11.6. The predicted molar refractivity (Wildman–Crippen MR) is 86.4 cm³/mol. The van der Waals surface area contributed by atoms with Gasteiger partial charge in [-0.3, -0.25) is 14.2 Å². The Morgan fingerprint density at radius 1 is 1.29 bits per heavy atom. The number of hydrogen-bond acceptors (Lipinski definition) is 4. The van der Waals surface area contributed by atoms with E-state index in [1.54, 1.807) is 12.1 Å². The molecule has 24 heavy (non-hydrogen) atoms. The third kappa shape index (κ3) is 3.03. The van der Waals surface area contributed by atoms with E-state index >= 15 is 0 Å². The Morgan fingerprint density at radius 2 is 2.04 bits per heavy atom. The first-order valence-electron chi connectivity index (χ1n) is 7.56. The molecule has 1 amide bonds. The lowest BCUT2D eigenvalue weighted by atomic mass is 10.3. The number of aromatic nitrogens is 4. The first-order valence-corrected chi connectivity index (χ1v) is 7.56. The topological polar surface area (TPSA) is 81.8 Å². The molecule has 0 fully saturated rings. The smallest absolute Gasteiger partial charge is 0.264 e. The van der Waals surface area contributed by atoms with Crippen LogP contribution in [-0.2, 0) is 11.3 Å². The number of benzene rings is 1. The molecule has 0 bridgehead atoms. The molecule has 2 aromatic heterocycles. The second-order valence-electron chi connectivity index (χ2n) is 5.30. The minimum atomic E-state index is -0.358. The molecule has 0 unspecified atom stereocenters. The summed E-state index contributed by atoms with van der Waals surface area (Å²) in [6, 6.07) is 5.71. The highest BCUT2D eigenvalue weighted by atomic mass is 19.1. The van der Waals surface area contributed by atoms with Crippen LogP contribution in [0.2, 0.25) is 0 Å². The van der Waals surface area contributed by atoms with Crippen LogP contribution in [-0.4, -0.2) is 31.8 Å². The first kappa shape index (κ1) is 15.9. The number of halogens is 1. The van der Waals surface area contributed by atoms with E-state index in [4.69, 9.17) is 0 Å². The van der Waals surface area contributed by atoms with Gasteiger partial charge in [0.2, 0.25) is 5.91 Å². The largest absolute Gasteiger partial charge is 0.355 e. The molecule has 2 heterocycles. The number of carbonyl (C=O) groups excluding carboxylic acids is 1. The molecule has 0 aliphatic rings. The highest BCUT2D eigenvalue weighted by molar-refractivity contribution is 5.77. The molecule has 0 saturated heterocycles. The molecule has 0 atom stereocenters. The van der Waals surface area contributed by atoms with Crippen LogP contribution in [0.4, 0.5) is 4.39 Å². The van der Waals surface area contributed by atoms with Gasteiger partial charge in [0.15, 0.2) is 5.65 Å². The van der Waals surface area contributed by atoms with Crippen molar-refractivity contribution in [2.75, 3.05) is 6.54 Å². The molecule has 0 aliphatic heterocycles. The lowest BCUT2D eigenvalue weighted by molar-refractivity contribution is -0.121. The van der Waals surface area contributed by atoms with Crippen LogP contribution in [0.15, 0.2) is 41.6 Å². The summed E-state index contributed by atoms with van der Waals surface area (Å²) in [7, 11) is 0. The van der Waals surface area contributed by atoms with E-state index in [1.807, 2.05) is 6.92 Å². The van der Waals surface area contributed by atoms with Gasteiger partial charge in [-0.25, -0.2) is 14.1 Å². The molecule has 0 saturated carbocycles. The summed E-state index contributed by atoms with van der Waals surface area (Å²) < 4.78 is 15.7. The number of hydrogen-bond donors (Lipinski definition) is 1.